The van der Waals surface area contributed by atoms with Gasteiger partial charge in [0, 0.05) is 6.61 Å². The predicted molar refractivity (Wildman–Crippen MR) is 33.4 cm³/mol. The van der Waals surface area contributed by atoms with Crippen LogP contribution in [0.2, 0.25) is 0 Å². The Morgan fingerprint density at radius 3 is 2.50 bits per heavy atom. The van der Waals surface area contributed by atoms with Crippen LogP contribution in [0.5, 0.6) is 0 Å². The third kappa shape index (κ3) is 7.52. The number of halogens is 1. The molecule has 0 rings (SSSR count). The lowest BCUT2D eigenvalue weighted by Crippen LogP contribution is -2.08. The average Bonchev–Trinajstić information content (AvgIpc) is 1.87. The number of ether oxygens (including phenoxy) is 2. The topological polar surface area (TPSA) is 35.5 Å². The zero-order valence-corrected chi connectivity index (χ0v) is 5.93. The molecule has 10 heavy (non-hydrogen) atoms. The van der Waals surface area contributed by atoms with E-state index in [9.17, 15) is 9.18 Å². The quantitative estimate of drug-likeness (QED) is 0.409. The second-order valence-corrected chi connectivity index (χ2v) is 1.60. The fourth-order valence-electron chi connectivity index (χ4n) is 0.415. The van der Waals surface area contributed by atoms with E-state index >= 15 is 0 Å². The first kappa shape index (κ1) is 9.52. The summed E-state index contributed by atoms with van der Waals surface area (Å²) in [4.78, 5) is 9.64. The Bertz CT molecular complexity index is 95.0. The summed E-state index contributed by atoms with van der Waals surface area (Å²) < 4.78 is 20.8. The molecule has 0 amide bonds. The average molecular weight is 150 g/mol. The lowest BCUT2D eigenvalue weighted by atomic mass is 10.7. The summed E-state index contributed by atoms with van der Waals surface area (Å²) in [5, 5.41) is 0. The molecule has 0 aliphatic heterocycles. The Morgan fingerprint density at radius 2 is 2.00 bits per heavy atom. The van der Waals surface area contributed by atoms with Crippen molar-refractivity contribution in [2.75, 3.05) is 26.4 Å². The Kier molecular flexibility index (Phi) is 6.32. The van der Waals surface area contributed by atoms with Gasteiger partial charge in [-0.25, -0.2) is 0 Å². The Hall–Kier alpha value is -0.480. The first-order valence-corrected chi connectivity index (χ1v) is 3.11. The van der Waals surface area contributed by atoms with Crippen molar-refractivity contribution in [3.8, 4) is 0 Å². The molecule has 0 unspecified atom stereocenters. The number of hydrogen-bond acceptors (Lipinski definition) is 3. The molecule has 0 atom stereocenters. The largest absolute Gasteiger partial charge is 0.379 e. The number of carbonyl (C=O) groups is 1. The summed E-state index contributed by atoms with van der Waals surface area (Å²) >= 11 is 0. The first-order chi connectivity index (χ1) is 4.77. The molecular weight excluding hydrogens is 139 g/mol. The molecule has 0 heterocycles. The van der Waals surface area contributed by atoms with Gasteiger partial charge in [0.2, 0.25) is 0 Å². The van der Waals surface area contributed by atoms with E-state index in [2.05, 4.69) is 4.74 Å². The van der Waals surface area contributed by atoms with E-state index < -0.39 is 12.6 Å². The van der Waals surface area contributed by atoms with Gasteiger partial charge in [0.25, 0.3) is 0 Å². The minimum Gasteiger partial charge on any atom is -0.379 e. The lowest BCUT2D eigenvalue weighted by molar-refractivity contribution is -0.134. The van der Waals surface area contributed by atoms with Crippen LogP contribution in [0.3, 0.4) is 0 Å². The zero-order chi connectivity index (χ0) is 7.82. The molecule has 0 bridgehead atoms. The Balaban J connectivity index is 2.84. The highest BCUT2D eigenvalue weighted by molar-refractivity contribution is 5.69. The molecule has 3 nitrogen and oxygen atoms in total. The highest BCUT2D eigenvalue weighted by Gasteiger charge is 1.95. The van der Waals surface area contributed by atoms with Gasteiger partial charge in [0.05, 0.1) is 13.2 Å². The van der Waals surface area contributed by atoms with E-state index in [-0.39, 0.29) is 6.61 Å². The third-order valence-electron chi connectivity index (χ3n) is 0.792. The summed E-state index contributed by atoms with van der Waals surface area (Å²) in [6.45, 7) is 2.66. The van der Waals surface area contributed by atoms with Crippen LogP contribution in [0.25, 0.3) is 0 Å². The second-order valence-electron chi connectivity index (χ2n) is 1.60. The number of carbonyl (C=O) groups excluding carboxylic acids is 1. The van der Waals surface area contributed by atoms with Crippen LogP contribution in [-0.4, -0.2) is 32.5 Å². The fourth-order valence-corrected chi connectivity index (χ4v) is 0.415. The van der Waals surface area contributed by atoms with E-state index in [4.69, 9.17) is 4.74 Å². The van der Waals surface area contributed by atoms with E-state index in [1.165, 1.54) is 0 Å². The van der Waals surface area contributed by atoms with Gasteiger partial charge in [0.15, 0.2) is 0 Å². The fraction of sp³-hybridized carbons (Fsp3) is 0.833. The van der Waals surface area contributed by atoms with E-state index in [1.54, 1.807) is 0 Å². The van der Waals surface area contributed by atoms with Crippen LogP contribution in [-0.2, 0) is 14.3 Å². The molecule has 0 spiro atoms. The number of hydrogen-bond donors (Lipinski definition) is 0. The lowest BCUT2D eigenvalue weighted by Gasteiger charge is -1.99. The van der Waals surface area contributed by atoms with Crippen LogP contribution in [0.1, 0.15) is 6.92 Å². The van der Waals surface area contributed by atoms with Crippen LogP contribution in [0, 0.1) is 0 Å². The van der Waals surface area contributed by atoms with Gasteiger partial charge in [-0.2, -0.15) is 4.39 Å². The zero-order valence-electron chi connectivity index (χ0n) is 5.93. The summed E-state index contributed by atoms with van der Waals surface area (Å²) in [5.74, 6) is 0. The van der Waals surface area contributed by atoms with Crippen molar-refractivity contribution in [3.63, 3.8) is 0 Å². The monoisotopic (exact) mass is 150 g/mol. The van der Waals surface area contributed by atoms with Crippen molar-refractivity contribution >= 4 is 6.04 Å². The van der Waals surface area contributed by atoms with Crippen molar-refractivity contribution in [3.05, 3.63) is 0 Å². The van der Waals surface area contributed by atoms with Crippen molar-refractivity contribution in [1.82, 2.24) is 0 Å². The van der Waals surface area contributed by atoms with Crippen LogP contribution >= 0.6 is 0 Å². The molecule has 0 aromatic carbocycles. The first-order valence-electron chi connectivity index (χ1n) is 3.11. The highest BCUT2D eigenvalue weighted by Crippen LogP contribution is 1.79. The molecule has 0 saturated carbocycles. The summed E-state index contributed by atoms with van der Waals surface area (Å²) in [6.07, 6.45) is 0. The van der Waals surface area contributed by atoms with E-state index in [1.807, 2.05) is 6.92 Å². The molecule has 0 radical (unpaired) electrons. The van der Waals surface area contributed by atoms with Crippen LogP contribution in [0.4, 0.5) is 4.39 Å². The minimum absolute atomic E-state index is 0.267. The van der Waals surface area contributed by atoms with Crippen molar-refractivity contribution in [2.45, 2.75) is 6.92 Å². The maximum absolute atomic E-state index is 11.4. The van der Waals surface area contributed by atoms with Gasteiger partial charge in [-0.15, -0.1) is 0 Å². The van der Waals surface area contributed by atoms with Crippen LogP contribution < -0.4 is 0 Å². The van der Waals surface area contributed by atoms with E-state index in [0.29, 0.717) is 13.2 Å². The number of rotatable bonds is 6. The Morgan fingerprint density at radius 1 is 1.40 bits per heavy atom. The van der Waals surface area contributed by atoms with Gasteiger partial charge in [-0.1, -0.05) is 0 Å². The normalized spacial score (nSPS) is 9.80. The van der Waals surface area contributed by atoms with Crippen molar-refractivity contribution in [2.24, 2.45) is 0 Å². The molecule has 0 N–H and O–H groups in total. The minimum atomic E-state index is -1.45. The van der Waals surface area contributed by atoms with Gasteiger partial charge < -0.3 is 9.47 Å². The molecule has 0 aromatic rings. The summed E-state index contributed by atoms with van der Waals surface area (Å²) in [7, 11) is 0. The van der Waals surface area contributed by atoms with Gasteiger partial charge in [-0.05, 0) is 6.92 Å². The standard InChI is InChI=1S/C6H11FO3/c1-2-9-3-4-10-5-6(7)8/h2-5H2,1H3. The van der Waals surface area contributed by atoms with E-state index in [0.717, 1.165) is 0 Å². The molecule has 0 fully saturated rings. The molecule has 0 aliphatic rings. The third-order valence-corrected chi connectivity index (χ3v) is 0.792. The molecule has 0 aliphatic carbocycles. The maximum Gasteiger partial charge on any atom is 0.326 e. The van der Waals surface area contributed by atoms with Crippen molar-refractivity contribution in [1.29, 1.82) is 0 Å². The molecule has 4 heteroatoms. The molecule has 60 valence electrons. The van der Waals surface area contributed by atoms with Gasteiger partial charge in [0.1, 0.15) is 6.61 Å². The molecule has 0 saturated heterocycles. The van der Waals surface area contributed by atoms with Gasteiger partial charge >= 0.3 is 6.04 Å². The smallest absolute Gasteiger partial charge is 0.326 e. The van der Waals surface area contributed by atoms with Crippen molar-refractivity contribution < 1.29 is 18.7 Å². The highest BCUT2D eigenvalue weighted by atomic mass is 19.1. The summed E-state index contributed by atoms with van der Waals surface area (Å²) in [5.41, 5.74) is 0. The molecule has 0 aromatic heterocycles. The molecular formula is C6H11FO3. The SMILES string of the molecule is CCOCCOCC(=O)F. The Labute approximate surface area is 59.1 Å². The predicted octanol–water partition coefficient (Wildman–Crippen LogP) is 0.536. The summed E-state index contributed by atoms with van der Waals surface area (Å²) in [6, 6.07) is -1.45. The maximum atomic E-state index is 11.4. The second kappa shape index (κ2) is 6.64. The van der Waals surface area contributed by atoms with Gasteiger partial charge in [-0.3, -0.25) is 4.79 Å². The van der Waals surface area contributed by atoms with Crippen LogP contribution in [0.15, 0.2) is 0 Å².